The molecule has 1 aliphatic rings. The van der Waals surface area contributed by atoms with Gasteiger partial charge in [-0.2, -0.15) is 0 Å². The molecule has 0 unspecified atom stereocenters. The Bertz CT molecular complexity index is 442. The first-order valence-electron chi connectivity index (χ1n) is 7.64. The van der Waals surface area contributed by atoms with Crippen LogP contribution in [0.25, 0.3) is 0 Å². The lowest BCUT2D eigenvalue weighted by atomic mass is 9.84. The summed E-state index contributed by atoms with van der Waals surface area (Å²) in [6, 6.07) is 7.54. The molecule has 1 aliphatic carbocycles. The van der Waals surface area contributed by atoms with Gasteiger partial charge < -0.3 is 5.32 Å². The number of benzene rings is 1. The quantitative estimate of drug-likeness (QED) is 0.636. The molecule has 1 aromatic rings. The number of hydrogen-bond acceptors (Lipinski definition) is 3. The van der Waals surface area contributed by atoms with Crippen LogP contribution in [0.3, 0.4) is 0 Å². The fourth-order valence-electron chi connectivity index (χ4n) is 3.14. The van der Waals surface area contributed by atoms with Crippen LogP contribution in [0.1, 0.15) is 44.6 Å². The Kier molecular flexibility index (Phi) is 5.53. The minimum absolute atomic E-state index is 0.236. The number of nitro groups is 1. The zero-order chi connectivity index (χ0) is 14.4. The number of rotatable bonds is 6. The van der Waals surface area contributed by atoms with Crippen LogP contribution in [-0.2, 0) is 6.42 Å². The van der Waals surface area contributed by atoms with E-state index in [2.05, 4.69) is 12.2 Å². The molecule has 0 amide bonds. The molecule has 2 rings (SSSR count). The van der Waals surface area contributed by atoms with Crippen molar-refractivity contribution in [2.75, 3.05) is 6.54 Å². The number of hydrogen-bond donors (Lipinski definition) is 1. The van der Waals surface area contributed by atoms with E-state index in [4.69, 9.17) is 0 Å². The summed E-state index contributed by atoms with van der Waals surface area (Å²) in [5.74, 6) is 0.773. The molecule has 0 spiro atoms. The van der Waals surface area contributed by atoms with Crippen molar-refractivity contribution in [2.24, 2.45) is 5.92 Å². The van der Waals surface area contributed by atoms with Gasteiger partial charge in [0.1, 0.15) is 0 Å². The van der Waals surface area contributed by atoms with Gasteiger partial charge in [0.15, 0.2) is 0 Å². The summed E-state index contributed by atoms with van der Waals surface area (Å²) in [6.07, 6.45) is 7.43. The first-order valence-corrected chi connectivity index (χ1v) is 7.64. The third-order valence-corrected chi connectivity index (χ3v) is 4.41. The summed E-state index contributed by atoms with van der Waals surface area (Å²) in [7, 11) is 0. The molecular formula is C16H24N2O2. The van der Waals surface area contributed by atoms with Crippen molar-refractivity contribution in [1.82, 2.24) is 5.32 Å². The van der Waals surface area contributed by atoms with Crippen molar-refractivity contribution >= 4 is 5.69 Å². The van der Waals surface area contributed by atoms with E-state index >= 15 is 0 Å². The Morgan fingerprint density at radius 1 is 1.30 bits per heavy atom. The number of nitro benzene ring substituents is 1. The highest BCUT2D eigenvalue weighted by atomic mass is 16.6. The standard InChI is InChI=1S/C16H24N2O2/c1-13(14-7-3-2-4-8-14)17-12-11-15-9-5-6-10-16(15)18(19)20/h5-6,9-10,13-14,17H,2-4,7-8,11-12H2,1H3/t13-/m0/s1. The van der Waals surface area contributed by atoms with Crippen molar-refractivity contribution in [2.45, 2.75) is 51.5 Å². The first-order chi connectivity index (χ1) is 9.68. The van der Waals surface area contributed by atoms with E-state index in [1.807, 2.05) is 12.1 Å². The molecule has 0 aliphatic heterocycles. The second-order valence-corrected chi connectivity index (χ2v) is 5.78. The van der Waals surface area contributed by atoms with Crippen LogP contribution in [0.4, 0.5) is 5.69 Å². The van der Waals surface area contributed by atoms with E-state index in [9.17, 15) is 10.1 Å². The first kappa shape index (κ1) is 15.0. The van der Waals surface area contributed by atoms with E-state index < -0.39 is 0 Å². The van der Waals surface area contributed by atoms with E-state index in [0.29, 0.717) is 12.5 Å². The normalized spacial score (nSPS) is 17.9. The zero-order valence-electron chi connectivity index (χ0n) is 12.2. The van der Waals surface area contributed by atoms with Gasteiger partial charge >= 0.3 is 0 Å². The molecule has 1 saturated carbocycles. The van der Waals surface area contributed by atoms with Gasteiger partial charge in [-0.05, 0) is 38.6 Å². The van der Waals surface area contributed by atoms with Gasteiger partial charge in [-0.1, -0.05) is 37.5 Å². The monoisotopic (exact) mass is 276 g/mol. The summed E-state index contributed by atoms with van der Waals surface area (Å²) < 4.78 is 0. The Labute approximate surface area is 120 Å². The van der Waals surface area contributed by atoms with Crippen LogP contribution < -0.4 is 5.32 Å². The third kappa shape index (κ3) is 4.04. The van der Waals surface area contributed by atoms with Crippen LogP contribution in [0.5, 0.6) is 0 Å². The topological polar surface area (TPSA) is 55.2 Å². The molecular weight excluding hydrogens is 252 g/mol. The Hall–Kier alpha value is -1.42. The lowest BCUT2D eigenvalue weighted by Crippen LogP contribution is -2.35. The van der Waals surface area contributed by atoms with Crippen molar-refractivity contribution in [3.05, 3.63) is 39.9 Å². The maximum atomic E-state index is 11.0. The molecule has 4 heteroatoms. The van der Waals surface area contributed by atoms with E-state index in [1.165, 1.54) is 32.1 Å². The Morgan fingerprint density at radius 2 is 2.00 bits per heavy atom. The number of nitrogens with zero attached hydrogens (tertiary/aromatic N) is 1. The fraction of sp³-hybridized carbons (Fsp3) is 0.625. The summed E-state index contributed by atoms with van der Waals surface area (Å²) >= 11 is 0. The van der Waals surface area contributed by atoms with Crippen molar-refractivity contribution < 1.29 is 4.92 Å². The molecule has 4 nitrogen and oxygen atoms in total. The number of nitrogens with one attached hydrogen (secondary N) is 1. The minimum Gasteiger partial charge on any atom is -0.314 e. The highest BCUT2D eigenvalue weighted by molar-refractivity contribution is 5.39. The number of para-hydroxylation sites is 1. The molecule has 20 heavy (non-hydrogen) atoms. The van der Waals surface area contributed by atoms with Crippen molar-refractivity contribution in [3.8, 4) is 0 Å². The lowest BCUT2D eigenvalue weighted by molar-refractivity contribution is -0.385. The second-order valence-electron chi connectivity index (χ2n) is 5.78. The minimum atomic E-state index is -0.292. The van der Waals surface area contributed by atoms with Gasteiger partial charge in [-0.3, -0.25) is 10.1 Å². The molecule has 0 bridgehead atoms. The SMILES string of the molecule is C[C@H](NCCc1ccccc1[N+](=O)[O-])C1CCCCC1. The molecule has 0 aromatic heterocycles. The largest absolute Gasteiger partial charge is 0.314 e. The van der Waals surface area contributed by atoms with Gasteiger partial charge in [0.05, 0.1) is 4.92 Å². The zero-order valence-corrected chi connectivity index (χ0v) is 12.2. The van der Waals surface area contributed by atoms with Crippen molar-refractivity contribution in [1.29, 1.82) is 0 Å². The van der Waals surface area contributed by atoms with Crippen molar-refractivity contribution in [3.63, 3.8) is 0 Å². The maximum Gasteiger partial charge on any atom is 0.272 e. The average molecular weight is 276 g/mol. The average Bonchev–Trinajstić information content (AvgIpc) is 2.48. The van der Waals surface area contributed by atoms with Crippen LogP contribution in [0, 0.1) is 16.0 Å². The fourth-order valence-corrected chi connectivity index (χ4v) is 3.14. The van der Waals surface area contributed by atoms with E-state index in [0.717, 1.165) is 18.0 Å². The summed E-state index contributed by atoms with van der Waals surface area (Å²) in [5.41, 5.74) is 1.06. The smallest absolute Gasteiger partial charge is 0.272 e. The molecule has 1 atom stereocenters. The molecule has 0 saturated heterocycles. The Morgan fingerprint density at radius 3 is 2.70 bits per heavy atom. The molecule has 1 aromatic carbocycles. The van der Waals surface area contributed by atoms with Gasteiger partial charge in [-0.25, -0.2) is 0 Å². The van der Waals surface area contributed by atoms with Crippen LogP contribution in [-0.4, -0.2) is 17.5 Å². The van der Waals surface area contributed by atoms with Gasteiger partial charge in [0.2, 0.25) is 0 Å². The second kappa shape index (κ2) is 7.39. The summed E-state index contributed by atoms with van der Waals surface area (Å²) in [4.78, 5) is 10.7. The molecule has 1 N–H and O–H groups in total. The highest BCUT2D eigenvalue weighted by Gasteiger charge is 2.19. The maximum absolute atomic E-state index is 11.0. The van der Waals surface area contributed by atoms with Crippen LogP contribution >= 0.6 is 0 Å². The third-order valence-electron chi connectivity index (χ3n) is 4.41. The predicted molar refractivity (Wildman–Crippen MR) is 80.8 cm³/mol. The Balaban J connectivity index is 1.82. The van der Waals surface area contributed by atoms with Gasteiger partial charge in [0.25, 0.3) is 5.69 Å². The van der Waals surface area contributed by atoms with E-state index in [-0.39, 0.29) is 10.6 Å². The summed E-state index contributed by atoms with van der Waals surface area (Å²) in [6.45, 7) is 3.05. The lowest BCUT2D eigenvalue weighted by Gasteiger charge is -2.28. The summed E-state index contributed by atoms with van der Waals surface area (Å²) in [5, 5.41) is 14.5. The molecule has 1 fully saturated rings. The predicted octanol–water partition coefficient (Wildman–Crippen LogP) is 3.70. The van der Waals surface area contributed by atoms with Crippen LogP contribution in [0.2, 0.25) is 0 Å². The molecule has 0 heterocycles. The van der Waals surface area contributed by atoms with Gasteiger partial charge in [0, 0.05) is 17.7 Å². The highest BCUT2D eigenvalue weighted by Crippen LogP contribution is 2.26. The molecule has 0 radical (unpaired) electrons. The van der Waals surface area contributed by atoms with Gasteiger partial charge in [-0.15, -0.1) is 0 Å². The van der Waals surface area contributed by atoms with E-state index in [1.54, 1.807) is 12.1 Å². The molecule has 110 valence electrons. The van der Waals surface area contributed by atoms with Crippen LogP contribution in [0.15, 0.2) is 24.3 Å².